The smallest absolute Gasteiger partial charge is 0.396 e. The van der Waals surface area contributed by atoms with Crippen LogP contribution in [0.1, 0.15) is 37.8 Å². The molecule has 2 saturated carbocycles. The van der Waals surface area contributed by atoms with Crippen LogP contribution in [0.15, 0.2) is 28.2 Å². The van der Waals surface area contributed by atoms with Crippen LogP contribution in [-0.4, -0.2) is 69.6 Å². The number of anilines is 2. The Labute approximate surface area is 214 Å². The van der Waals surface area contributed by atoms with Crippen LogP contribution in [-0.2, 0) is 13.6 Å². The molecule has 3 aromatic heterocycles. The minimum absolute atomic E-state index is 0.0733. The van der Waals surface area contributed by atoms with Crippen LogP contribution in [0.5, 0.6) is 0 Å². The Hall–Kier alpha value is -3.14. The second-order valence-electron chi connectivity index (χ2n) is 9.75. The molecular formula is C21H29N8O8P. The Morgan fingerprint density at radius 2 is 1.84 bits per heavy atom. The quantitative estimate of drug-likeness (QED) is 0.189. The number of hydrogen-bond acceptors (Lipinski definition) is 12. The molecule has 2 fully saturated rings. The summed E-state index contributed by atoms with van der Waals surface area (Å²) in [4.78, 5) is 48.9. The Morgan fingerprint density at radius 1 is 1.11 bits per heavy atom. The SMILES string of the molecule is Nc1ccn([C@@H]2C[C@H](COP(=O)(O)O[C@H]3C[C@H](n4cnc5c(=O)[nH]c(N)nc54)C[C@@H]3CO)[C@@H](O)C2)c(=O)n1. The highest BCUT2D eigenvalue weighted by Crippen LogP contribution is 2.51. The van der Waals surface area contributed by atoms with Gasteiger partial charge in [-0.25, -0.2) is 14.3 Å². The standard InChI is InChI=1S/C21H29N8O8P/c22-16-1-2-28(21(33)25-16)12-4-11(14(31)5-12)8-36-38(34,35)37-15-6-13(3-10(15)7-30)29-9-24-17-18(29)26-20(23)27-19(17)32/h1-2,9-15,30-31H,3-8H2,(H,34,35)(H2,22,25,33)(H3,23,26,27,32)/t10-,11-,12-,13-,14+,15+/m1/s1. The molecule has 3 heterocycles. The van der Waals surface area contributed by atoms with Crippen molar-refractivity contribution in [2.24, 2.45) is 11.8 Å². The molecular weight excluding hydrogens is 523 g/mol. The minimum Gasteiger partial charge on any atom is -0.396 e. The molecule has 7 atom stereocenters. The fourth-order valence-electron chi connectivity index (χ4n) is 5.39. The van der Waals surface area contributed by atoms with Crippen LogP contribution in [0.2, 0.25) is 0 Å². The zero-order valence-corrected chi connectivity index (χ0v) is 21.1. The van der Waals surface area contributed by atoms with E-state index in [1.165, 1.54) is 23.2 Å². The van der Waals surface area contributed by atoms with Crippen molar-refractivity contribution in [3.05, 3.63) is 39.4 Å². The summed E-state index contributed by atoms with van der Waals surface area (Å²) in [6.07, 6.45) is 2.38. The zero-order valence-electron chi connectivity index (χ0n) is 20.2. The molecule has 0 bridgehead atoms. The van der Waals surface area contributed by atoms with Gasteiger partial charge in [0.15, 0.2) is 11.2 Å². The number of rotatable bonds is 8. The van der Waals surface area contributed by atoms with Gasteiger partial charge in [0.25, 0.3) is 5.56 Å². The van der Waals surface area contributed by atoms with Crippen molar-refractivity contribution in [3.63, 3.8) is 0 Å². The molecule has 2 aliphatic carbocycles. The van der Waals surface area contributed by atoms with Crippen molar-refractivity contribution in [1.29, 1.82) is 0 Å². The van der Waals surface area contributed by atoms with Crippen molar-refractivity contribution < 1.29 is 28.7 Å². The average Bonchev–Trinajstić information content (AvgIpc) is 3.54. The molecule has 0 aliphatic heterocycles. The molecule has 0 radical (unpaired) electrons. The molecule has 0 amide bonds. The van der Waals surface area contributed by atoms with E-state index in [-0.39, 0.29) is 61.1 Å². The molecule has 8 N–H and O–H groups in total. The van der Waals surface area contributed by atoms with Crippen LogP contribution in [0.25, 0.3) is 11.2 Å². The van der Waals surface area contributed by atoms with Crippen molar-refractivity contribution >= 4 is 30.8 Å². The summed E-state index contributed by atoms with van der Waals surface area (Å²) in [6.45, 7) is -0.585. The zero-order chi connectivity index (χ0) is 27.2. The third kappa shape index (κ3) is 5.23. The topological polar surface area (TPSA) is 247 Å². The van der Waals surface area contributed by atoms with Gasteiger partial charge in [0, 0.05) is 36.7 Å². The second kappa shape index (κ2) is 10.2. The van der Waals surface area contributed by atoms with Gasteiger partial charge in [0.05, 0.1) is 25.1 Å². The van der Waals surface area contributed by atoms with Gasteiger partial charge in [-0.15, -0.1) is 0 Å². The van der Waals surface area contributed by atoms with Gasteiger partial charge in [-0.05, 0) is 31.7 Å². The Morgan fingerprint density at radius 3 is 2.58 bits per heavy atom. The lowest BCUT2D eigenvalue weighted by Crippen LogP contribution is -2.26. The van der Waals surface area contributed by atoms with E-state index in [2.05, 4.69) is 19.9 Å². The number of phosphoric ester groups is 1. The number of nitrogens with one attached hydrogen (secondary N) is 1. The molecule has 3 aromatic rings. The Balaban J connectivity index is 1.23. The number of nitrogens with zero attached hydrogens (tertiary/aromatic N) is 5. The molecule has 0 saturated heterocycles. The Bertz CT molecular complexity index is 1490. The number of phosphoric acid groups is 1. The number of aromatic amines is 1. The number of hydrogen-bond donors (Lipinski definition) is 6. The third-order valence-electron chi connectivity index (χ3n) is 7.28. The molecule has 0 spiro atoms. The first-order chi connectivity index (χ1) is 18.0. The predicted molar refractivity (Wildman–Crippen MR) is 133 cm³/mol. The maximum Gasteiger partial charge on any atom is 0.472 e. The monoisotopic (exact) mass is 552 g/mol. The van der Waals surface area contributed by atoms with Crippen molar-refractivity contribution in [1.82, 2.24) is 29.1 Å². The predicted octanol–water partition coefficient (Wildman–Crippen LogP) is -0.701. The number of aliphatic hydroxyl groups is 2. The molecule has 1 unspecified atom stereocenters. The van der Waals surface area contributed by atoms with E-state index in [0.717, 1.165) is 0 Å². The van der Waals surface area contributed by atoms with Crippen LogP contribution >= 0.6 is 7.82 Å². The highest BCUT2D eigenvalue weighted by Gasteiger charge is 2.42. The fourth-order valence-corrected chi connectivity index (χ4v) is 6.43. The van der Waals surface area contributed by atoms with E-state index >= 15 is 0 Å². The van der Waals surface area contributed by atoms with Crippen LogP contribution in [0.3, 0.4) is 0 Å². The lowest BCUT2D eigenvalue weighted by atomic mass is 10.1. The number of aliphatic hydroxyl groups excluding tert-OH is 2. The van der Waals surface area contributed by atoms with Gasteiger partial charge in [-0.2, -0.15) is 9.97 Å². The summed E-state index contributed by atoms with van der Waals surface area (Å²) >= 11 is 0. The van der Waals surface area contributed by atoms with Gasteiger partial charge in [0.1, 0.15) is 5.82 Å². The second-order valence-corrected chi connectivity index (χ2v) is 11.2. The van der Waals surface area contributed by atoms with Crippen molar-refractivity contribution in [3.8, 4) is 0 Å². The first-order valence-corrected chi connectivity index (χ1v) is 13.6. The summed E-state index contributed by atoms with van der Waals surface area (Å²) in [6, 6.07) is 0.780. The summed E-state index contributed by atoms with van der Waals surface area (Å²) in [5, 5.41) is 20.3. The van der Waals surface area contributed by atoms with Gasteiger partial charge >= 0.3 is 13.5 Å². The fraction of sp³-hybridized carbons (Fsp3) is 0.571. The van der Waals surface area contributed by atoms with Gasteiger partial charge < -0.3 is 31.1 Å². The summed E-state index contributed by atoms with van der Waals surface area (Å²) in [5.74, 6) is -0.998. The van der Waals surface area contributed by atoms with Gasteiger partial charge in [-0.3, -0.25) is 23.4 Å². The summed E-state index contributed by atoms with van der Waals surface area (Å²) in [7, 11) is -4.58. The normalized spacial score (nSPS) is 29.1. The molecule has 16 nitrogen and oxygen atoms in total. The van der Waals surface area contributed by atoms with Crippen LogP contribution < -0.4 is 22.7 Å². The van der Waals surface area contributed by atoms with Gasteiger partial charge in [0.2, 0.25) is 5.95 Å². The molecule has 17 heteroatoms. The molecule has 38 heavy (non-hydrogen) atoms. The number of nitrogen functional groups attached to an aromatic ring is 2. The third-order valence-corrected chi connectivity index (χ3v) is 8.29. The van der Waals surface area contributed by atoms with Crippen molar-refractivity contribution in [2.75, 3.05) is 24.7 Å². The van der Waals surface area contributed by atoms with Crippen LogP contribution in [0, 0.1) is 11.8 Å². The minimum atomic E-state index is -4.58. The molecule has 5 rings (SSSR count). The number of fused-ring (bicyclic) bond motifs is 1. The molecule has 206 valence electrons. The van der Waals surface area contributed by atoms with Gasteiger partial charge in [-0.1, -0.05) is 0 Å². The maximum absolute atomic E-state index is 12.8. The number of nitrogens with two attached hydrogens (primary N) is 2. The first kappa shape index (κ1) is 26.5. The first-order valence-electron chi connectivity index (χ1n) is 12.1. The highest BCUT2D eigenvalue weighted by atomic mass is 31.2. The van der Waals surface area contributed by atoms with E-state index in [1.54, 1.807) is 4.57 Å². The van der Waals surface area contributed by atoms with E-state index in [4.69, 9.17) is 20.5 Å². The largest absolute Gasteiger partial charge is 0.472 e. The molecule has 2 aliphatic rings. The number of H-pyrrole nitrogens is 1. The summed E-state index contributed by atoms with van der Waals surface area (Å²) < 4.78 is 26.5. The average molecular weight is 552 g/mol. The lowest BCUT2D eigenvalue weighted by molar-refractivity contribution is 0.0428. The Kier molecular flexibility index (Phi) is 7.11. The number of aromatic nitrogens is 6. The lowest BCUT2D eigenvalue weighted by Gasteiger charge is -2.22. The maximum atomic E-state index is 12.8. The van der Waals surface area contributed by atoms with Crippen LogP contribution in [0.4, 0.5) is 11.8 Å². The summed E-state index contributed by atoms with van der Waals surface area (Å²) in [5.41, 5.74) is 10.5. The van der Waals surface area contributed by atoms with E-state index in [9.17, 15) is 29.3 Å². The highest BCUT2D eigenvalue weighted by molar-refractivity contribution is 7.47. The van der Waals surface area contributed by atoms with E-state index in [0.29, 0.717) is 12.8 Å². The van der Waals surface area contributed by atoms with Crippen molar-refractivity contribution in [2.45, 2.75) is 50.0 Å². The molecule has 0 aromatic carbocycles. The number of imidazole rings is 1. The van der Waals surface area contributed by atoms with E-state index < -0.39 is 43.1 Å². The van der Waals surface area contributed by atoms with E-state index in [1.807, 2.05) is 0 Å².